The topological polar surface area (TPSA) is 100 Å². The average Bonchev–Trinajstić information content (AvgIpc) is 3.32. The van der Waals surface area contributed by atoms with E-state index in [4.69, 9.17) is 18.9 Å². The van der Waals surface area contributed by atoms with Crippen LogP contribution in [0.5, 0.6) is 17.2 Å². The maximum Gasteiger partial charge on any atom is 0.306 e. The molecule has 10 heteroatoms. The van der Waals surface area contributed by atoms with E-state index >= 15 is 0 Å². The van der Waals surface area contributed by atoms with Gasteiger partial charge in [0.15, 0.2) is 11.5 Å². The van der Waals surface area contributed by atoms with Gasteiger partial charge in [-0.3, -0.25) is 9.52 Å². The maximum atomic E-state index is 12.6. The fourth-order valence-corrected chi connectivity index (χ4v) is 4.71. The predicted octanol–water partition coefficient (Wildman–Crippen LogP) is 2.78. The second-order valence-electron chi connectivity index (χ2n) is 5.52. The van der Waals surface area contributed by atoms with E-state index in [1.807, 2.05) is 0 Å². The smallest absolute Gasteiger partial charge is 0.306 e. The van der Waals surface area contributed by atoms with Crippen molar-refractivity contribution in [3.05, 3.63) is 29.1 Å². The molecule has 1 aromatic heterocycles. The number of methoxy groups -OCH3 is 1. The number of fused-ring (bicyclic) bond motifs is 1. The van der Waals surface area contributed by atoms with Gasteiger partial charge in [-0.15, -0.1) is 11.3 Å². The fourth-order valence-electron chi connectivity index (χ4n) is 2.66. The first-order chi connectivity index (χ1) is 13.0. The molecule has 0 fully saturated rings. The highest BCUT2D eigenvalue weighted by molar-refractivity contribution is 7.94. The standard InChI is InChI=1S/C17H19NO7S2/c1-3-23-13(19)7-6-11-9-12(16-17(15(11)22-2)25-10-24-16)18-27(20,21)14-5-4-8-26-14/h4-5,8-9,18H,3,6-7,10H2,1-2H3. The summed E-state index contributed by atoms with van der Waals surface area (Å²) in [6, 6.07) is 4.76. The Bertz CT molecular complexity index is 923. The minimum absolute atomic E-state index is 0.0548. The second-order valence-corrected chi connectivity index (χ2v) is 8.38. The molecule has 1 aliphatic rings. The van der Waals surface area contributed by atoms with Gasteiger partial charge in [-0.2, -0.15) is 0 Å². The Morgan fingerprint density at radius 1 is 1.33 bits per heavy atom. The molecule has 0 atom stereocenters. The number of thiophene rings is 1. The number of aryl methyl sites for hydroxylation is 1. The summed E-state index contributed by atoms with van der Waals surface area (Å²) >= 11 is 1.11. The van der Waals surface area contributed by atoms with Crippen LogP contribution in [0, 0.1) is 0 Å². The van der Waals surface area contributed by atoms with Crippen molar-refractivity contribution in [2.45, 2.75) is 24.0 Å². The monoisotopic (exact) mass is 413 g/mol. The molecule has 0 unspecified atom stereocenters. The summed E-state index contributed by atoms with van der Waals surface area (Å²) < 4.78 is 49.1. The van der Waals surface area contributed by atoms with Gasteiger partial charge in [0.1, 0.15) is 4.21 Å². The van der Waals surface area contributed by atoms with Crippen LogP contribution in [-0.4, -0.2) is 34.9 Å². The van der Waals surface area contributed by atoms with Crippen LogP contribution < -0.4 is 18.9 Å². The summed E-state index contributed by atoms with van der Waals surface area (Å²) in [6.07, 6.45) is 0.424. The number of nitrogens with one attached hydrogen (secondary N) is 1. The third-order valence-corrected chi connectivity index (χ3v) is 6.55. The van der Waals surface area contributed by atoms with E-state index < -0.39 is 10.0 Å². The van der Waals surface area contributed by atoms with E-state index in [2.05, 4.69) is 4.72 Å². The maximum absolute atomic E-state index is 12.6. The van der Waals surface area contributed by atoms with Gasteiger partial charge in [0.25, 0.3) is 10.0 Å². The molecule has 0 bridgehead atoms. The van der Waals surface area contributed by atoms with Crippen LogP contribution in [0.25, 0.3) is 0 Å². The Labute approximate surface area is 161 Å². The van der Waals surface area contributed by atoms with E-state index in [1.165, 1.54) is 13.2 Å². The predicted molar refractivity (Wildman–Crippen MR) is 99.2 cm³/mol. The zero-order valence-electron chi connectivity index (χ0n) is 14.8. The van der Waals surface area contributed by atoms with Gasteiger partial charge >= 0.3 is 5.97 Å². The van der Waals surface area contributed by atoms with Gasteiger partial charge in [0.05, 0.1) is 19.4 Å². The zero-order chi connectivity index (χ0) is 19.4. The fraction of sp³-hybridized carbons (Fsp3) is 0.353. The lowest BCUT2D eigenvalue weighted by atomic mass is 10.1. The number of ether oxygens (including phenoxy) is 4. The van der Waals surface area contributed by atoms with Gasteiger partial charge in [-0.05, 0) is 30.9 Å². The Morgan fingerprint density at radius 3 is 2.78 bits per heavy atom. The SMILES string of the molecule is CCOC(=O)CCc1cc(NS(=O)(=O)c2cccs2)c2c(c1OC)OCO2. The van der Waals surface area contributed by atoms with E-state index in [1.54, 1.807) is 24.4 Å². The molecule has 0 amide bonds. The summed E-state index contributed by atoms with van der Waals surface area (Å²) in [5.41, 5.74) is 0.842. The Hall–Kier alpha value is -2.46. The normalized spacial score (nSPS) is 12.7. The highest BCUT2D eigenvalue weighted by Crippen LogP contribution is 2.49. The van der Waals surface area contributed by atoms with Crippen molar-refractivity contribution >= 4 is 33.0 Å². The lowest BCUT2D eigenvalue weighted by Gasteiger charge is -2.15. The Kier molecular flexibility index (Phi) is 5.76. The minimum Gasteiger partial charge on any atom is -0.492 e. The third kappa shape index (κ3) is 4.11. The first-order valence-corrected chi connectivity index (χ1v) is 10.5. The van der Waals surface area contributed by atoms with Gasteiger partial charge in [0.2, 0.25) is 12.5 Å². The molecule has 0 aliphatic carbocycles. The molecular formula is C17H19NO7S2. The molecule has 1 aliphatic heterocycles. The average molecular weight is 413 g/mol. The minimum atomic E-state index is -3.77. The lowest BCUT2D eigenvalue weighted by molar-refractivity contribution is -0.143. The summed E-state index contributed by atoms with van der Waals surface area (Å²) in [5.74, 6) is 0.624. The van der Waals surface area contributed by atoms with Crippen LogP contribution >= 0.6 is 11.3 Å². The van der Waals surface area contributed by atoms with Gasteiger partial charge < -0.3 is 18.9 Å². The summed E-state index contributed by atoms with van der Waals surface area (Å²) in [5, 5.41) is 1.68. The molecular weight excluding hydrogens is 394 g/mol. The molecule has 2 heterocycles. The quantitative estimate of drug-likeness (QED) is 0.664. The van der Waals surface area contributed by atoms with Crippen LogP contribution in [0.3, 0.4) is 0 Å². The molecule has 0 saturated heterocycles. The van der Waals surface area contributed by atoms with Crippen LogP contribution in [0.4, 0.5) is 5.69 Å². The third-order valence-electron chi connectivity index (χ3n) is 3.79. The molecule has 146 valence electrons. The number of benzene rings is 1. The summed E-state index contributed by atoms with van der Waals surface area (Å²) in [7, 11) is -2.29. The van der Waals surface area contributed by atoms with Gasteiger partial charge in [0, 0.05) is 12.0 Å². The molecule has 0 saturated carbocycles. The zero-order valence-corrected chi connectivity index (χ0v) is 16.4. The van der Waals surface area contributed by atoms with Crippen molar-refractivity contribution < 1.29 is 32.2 Å². The molecule has 8 nitrogen and oxygen atoms in total. The summed E-state index contributed by atoms with van der Waals surface area (Å²) in [6.45, 7) is 1.97. The van der Waals surface area contributed by atoms with E-state index in [0.29, 0.717) is 30.1 Å². The number of sulfonamides is 1. The van der Waals surface area contributed by atoms with Crippen molar-refractivity contribution in [2.24, 2.45) is 0 Å². The Balaban J connectivity index is 1.95. The van der Waals surface area contributed by atoms with E-state index in [-0.39, 0.29) is 34.8 Å². The number of carbonyl (C=O) groups is 1. The van der Waals surface area contributed by atoms with Crippen molar-refractivity contribution in [1.29, 1.82) is 0 Å². The highest BCUT2D eigenvalue weighted by Gasteiger charge is 2.29. The second kappa shape index (κ2) is 8.05. The number of hydrogen-bond donors (Lipinski definition) is 1. The van der Waals surface area contributed by atoms with Crippen LogP contribution in [0.2, 0.25) is 0 Å². The number of carbonyl (C=O) groups excluding carboxylic acids is 1. The van der Waals surface area contributed by atoms with Crippen LogP contribution in [-0.2, 0) is 26.0 Å². The molecule has 27 heavy (non-hydrogen) atoms. The molecule has 1 aromatic carbocycles. The molecule has 0 radical (unpaired) electrons. The number of rotatable bonds is 8. The highest BCUT2D eigenvalue weighted by atomic mass is 32.2. The largest absolute Gasteiger partial charge is 0.492 e. The van der Waals surface area contributed by atoms with Gasteiger partial charge in [-0.25, -0.2) is 8.42 Å². The molecule has 3 rings (SSSR count). The number of esters is 1. The van der Waals surface area contributed by atoms with Crippen molar-refractivity contribution in [2.75, 3.05) is 25.2 Å². The molecule has 1 N–H and O–H groups in total. The summed E-state index contributed by atoms with van der Waals surface area (Å²) in [4.78, 5) is 11.7. The number of anilines is 1. The lowest BCUT2D eigenvalue weighted by Crippen LogP contribution is -2.13. The van der Waals surface area contributed by atoms with Crippen molar-refractivity contribution in [3.8, 4) is 17.2 Å². The van der Waals surface area contributed by atoms with Crippen molar-refractivity contribution in [3.63, 3.8) is 0 Å². The number of hydrogen-bond acceptors (Lipinski definition) is 8. The van der Waals surface area contributed by atoms with Crippen molar-refractivity contribution in [1.82, 2.24) is 0 Å². The van der Waals surface area contributed by atoms with E-state index in [9.17, 15) is 13.2 Å². The molecule has 2 aromatic rings. The molecule has 0 spiro atoms. The Morgan fingerprint density at radius 2 is 2.11 bits per heavy atom. The first kappa shape index (κ1) is 19.3. The van der Waals surface area contributed by atoms with E-state index in [0.717, 1.165) is 11.3 Å². The first-order valence-electron chi connectivity index (χ1n) is 8.17. The van der Waals surface area contributed by atoms with Crippen LogP contribution in [0.1, 0.15) is 18.9 Å². The van der Waals surface area contributed by atoms with Gasteiger partial charge in [-0.1, -0.05) is 6.07 Å². The van der Waals surface area contributed by atoms with Crippen LogP contribution in [0.15, 0.2) is 27.8 Å².